The monoisotopic (exact) mass is 258 g/mol. The van der Waals surface area contributed by atoms with Crippen LogP contribution in [0.2, 0.25) is 0 Å². The van der Waals surface area contributed by atoms with Gasteiger partial charge in [0.1, 0.15) is 0 Å². The summed E-state index contributed by atoms with van der Waals surface area (Å²) in [6.07, 6.45) is 3.94. The second-order valence-corrected chi connectivity index (χ2v) is 5.41. The quantitative estimate of drug-likeness (QED) is 0.593. The summed E-state index contributed by atoms with van der Waals surface area (Å²) in [5.74, 6) is 0. The van der Waals surface area contributed by atoms with Gasteiger partial charge >= 0.3 is 88.5 Å². The molecule has 0 bridgehead atoms. The number of unbranched alkanes of at least 4 members (excludes halogenated alkanes) is 1. The minimum absolute atomic E-state index is 0.168. The average molecular weight is 258 g/mol. The molecule has 18 heavy (non-hydrogen) atoms. The minimum atomic E-state index is 0.168. The molecule has 1 atom stereocenters. The molecule has 0 fully saturated rings. The molecule has 96 valence electrons. The molecule has 3 heteroatoms. The molecule has 0 aliphatic heterocycles. The fourth-order valence-corrected chi connectivity index (χ4v) is 2.36. The van der Waals surface area contributed by atoms with Crippen molar-refractivity contribution in [3.05, 3.63) is 33.9 Å². The molecule has 0 N–H and O–H groups in total. The molecule has 0 radical (unpaired) electrons. The molecule has 0 aliphatic carbocycles. The first kappa shape index (κ1) is 17.9. The second kappa shape index (κ2) is 8.92. The second-order valence-electron chi connectivity index (χ2n) is 4.83. The number of aryl methyl sites for hydroxylation is 2. The number of rotatable bonds is 3. The van der Waals surface area contributed by atoms with Gasteiger partial charge in [0.2, 0.25) is 0 Å². The Bertz CT molecular complexity index is 385. The van der Waals surface area contributed by atoms with Crippen LogP contribution >= 0.6 is 9.24 Å². The van der Waals surface area contributed by atoms with Gasteiger partial charge in [-0.3, -0.25) is 0 Å². The first-order valence-electron chi connectivity index (χ1n) is 6.65. The molecule has 1 aromatic carbocycles. The molecule has 1 unspecified atom stereocenters. The van der Waals surface area contributed by atoms with Gasteiger partial charge in [0, 0.05) is 0 Å². The Morgan fingerprint density at radius 3 is 1.83 bits per heavy atom. The van der Waals surface area contributed by atoms with Crippen LogP contribution in [0.25, 0.3) is 0 Å². The average Bonchev–Trinajstić information content (AvgIpc) is 2.28. The molecule has 0 saturated heterocycles. The van der Waals surface area contributed by atoms with Crippen LogP contribution in [0, 0.1) is 27.7 Å². The van der Waals surface area contributed by atoms with E-state index in [9.17, 15) is 4.79 Å². The zero-order chi connectivity index (χ0) is 14.3. The summed E-state index contributed by atoms with van der Waals surface area (Å²) < 4.78 is 0.168. The molecule has 0 amide bonds. The molecule has 1 aromatic rings. The van der Waals surface area contributed by atoms with Crippen molar-refractivity contribution in [2.75, 3.05) is 6.16 Å². The Balaban J connectivity index is 0.000000494. The zero-order valence-corrected chi connectivity index (χ0v) is 13.8. The van der Waals surface area contributed by atoms with Crippen LogP contribution < -0.4 is 0 Å². The summed E-state index contributed by atoms with van der Waals surface area (Å²) >= 11 is 1.63. The van der Waals surface area contributed by atoms with Crippen LogP contribution in [0.15, 0.2) is 6.07 Å². The fraction of sp³-hybridized carbons (Fsp3) is 0.533. The van der Waals surface area contributed by atoms with Crippen molar-refractivity contribution in [3.63, 3.8) is 0 Å². The number of carbonyl (C=O) groups excluding carboxylic acids is 1. The third-order valence-electron chi connectivity index (χ3n) is 3.28. The topological polar surface area (TPSA) is 17.1 Å². The molecule has 0 aromatic heterocycles. The van der Waals surface area contributed by atoms with Crippen molar-refractivity contribution in [1.82, 2.24) is 0 Å². The Morgan fingerprint density at radius 1 is 1.17 bits per heavy atom. The van der Waals surface area contributed by atoms with Crippen molar-refractivity contribution in [3.8, 4) is 0 Å². The van der Waals surface area contributed by atoms with Crippen molar-refractivity contribution in [1.29, 1.82) is 0 Å². The van der Waals surface area contributed by atoms with Crippen LogP contribution in [-0.2, 0) is 0 Å². The molecule has 1 nitrogen and oxygen atoms in total. The van der Waals surface area contributed by atoms with Gasteiger partial charge < -0.3 is 0 Å². The first-order chi connectivity index (χ1) is 8.36. The summed E-state index contributed by atoms with van der Waals surface area (Å²) in [7, 11) is 2.70. The predicted octanol–water partition coefficient (Wildman–Crippen LogP) is 3.89. The van der Waals surface area contributed by atoms with Crippen LogP contribution in [0.1, 0.15) is 52.4 Å². The van der Waals surface area contributed by atoms with E-state index in [1.807, 2.05) is 27.7 Å². The maximum absolute atomic E-state index is 11.4. The Labute approximate surface area is 124 Å². The van der Waals surface area contributed by atoms with Gasteiger partial charge in [-0.2, -0.15) is 0 Å². The predicted molar refractivity (Wildman–Crippen MR) is 85.0 cm³/mol. The summed E-state index contributed by atoms with van der Waals surface area (Å²) in [5, 5.41) is 0. The van der Waals surface area contributed by atoms with E-state index < -0.39 is 0 Å². The van der Waals surface area contributed by atoms with Gasteiger partial charge in [-0.05, 0) is 6.16 Å². The molecular formula is C15H24LiOP. The van der Waals surface area contributed by atoms with Crippen molar-refractivity contribution in [2.24, 2.45) is 0 Å². The van der Waals surface area contributed by atoms with E-state index in [1.54, 1.807) is 17.7 Å². The molecule has 1 rings (SSSR count). The van der Waals surface area contributed by atoms with E-state index in [2.05, 4.69) is 22.2 Å². The van der Waals surface area contributed by atoms with E-state index >= 15 is 0 Å². The Kier molecular flexibility index (Phi) is 8.88. The van der Waals surface area contributed by atoms with Gasteiger partial charge in [0.15, 0.2) is 0 Å². The van der Waals surface area contributed by atoms with E-state index in [4.69, 9.17) is 0 Å². The number of hydrogen-bond donors (Lipinski definition) is 0. The third-order valence-corrected chi connectivity index (χ3v) is 3.68. The van der Waals surface area contributed by atoms with Crippen molar-refractivity contribution < 1.29 is 4.79 Å². The van der Waals surface area contributed by atoms with Gasteiger partial charge in [-0.15, -0.1) is 9.24 Å². The molecular weight excluding hydrogens is 234 g/mol. The normalized spacial score (nSPS) is 9.78. The van der Waals surface area contributed by atoms with Crippen LogP contribution in [0.3, 0.4) is 0 Å². The zero-order valence-electron chi connectivity index (χ0n) is 12.7. The van der Waals surface area contributed by atoms with E-state index in [1.165, 1.54) is 30.1 Å². The van der Waals surface area contributed by atoms with Crippen LogP contribution in [0.5, 0.6) is 0 Å². The standard InChI is InChI=1S/C11H13O.C4H11P.Li/c1-7-5-8(2)10(4)11(6-12)9(7)3;1-2-3-4-5;/h5H,1-4H3;2-5H2,1H3;. The van der Waals surface area contributed by atoms with Gasteiger partial charge in [-0.1, -0.05) is 19.8 Å². The molecule has 0 spiro atoms. The molecule has 0 aliphatic rings. The summed E-state index contributed by atoms with van der Waals surface area (Å²) in [6.45, 7) is 10.3. The van der Waals surface area contributed by atoms with Gasteiger partial charge in [0.25, 0.3) is 0 Å². The van der Waals surface area contributed by atoms with Crippen molar-refractivity contribution in [2.45, 2.75) is 47.5 Å². The first-order valence-corrected chi connectivity index (χ1v) is 7.46. The van der Waals surface area contributed by atoms with Crippen LogP contribution in [-0.4, -0.2) is 28.3 Å². The van der Waals surface area contributed by atoms with Crippen LogP contribution in [0.4, 0.5) is 0 Å². The number of hydrogen-bond acceptors (Lipinski definition) is 1. The van der Waals surface area contributed by atoms with E-state index in [0.717, 1.165) is 16.7 Å². The number of carbonyl (C=O) groups is 1. The SMILES string of the molecule is CCCCP.[Li][C](=O)c1c(C)c(C)cc(C)c1C. The molecule has 0 heterocycles. The van der Waals surface area contributed by atoms with Gasteiger partial charge in [0.05, 0.1) is 0 Å². The maximum atomic E-state index is 11.4. The fourth-order valence-electron chi connectivity index (χ4n) is 1.95. The summed E-state index contributed by atoms with van der Waals surface area (Å²) in [4.78, 5) is 11.4. The van der Waals surface area contributed by atoms with Gasteiger partial charge in [-0.25, -0.2) is 0 Å². The summed E-state index contributed by atoms with van der Waals surface area (Å²) in [6, 6.07) is 2.14. The Morgan fingerprint density at radius 2 is 1.61 bits per heavy atom. The molecule has 0 saturated carbocycles. The van der Waals surface area contributed by atoms with E-state index in [0.29, 0.717) is 0 Å². The summed E-state index contributed by atoms with van der Waals surface area (Å²) in [5.41, 5.74) is 5.55. The third kappa shape index (κ3) is 5.27. The Hall–Kier alpha value is -0.0826. The number of benzene rings is 1. The van der Waals surface area contributed by atoms with Crippen molar-refractivity contribution >= 4 is 31.4 Å². The van der Waals surface area contributed by atoms with E-state index in [-0.39, 0.29) is 4.46 Å².